The van der Waals surface area contributed by atoms with E-state index in [1.165, 1.54) is 20.6 Å². The van der Waals surface area contributed by atoms with Gasteiger partial charge in [-0.1, -0.05) is 18.2 Å². The minimum absolute atomic E-state index is 0.0479. The topological polar surface area (TPSA) is 78.2 Å². The van der Waals surface area contributed by atoms with Crippen LogP contribution in [0.3, 0.4) is 0 Å². The number of hydrogen-bond acceptors (Lipinski definition) is 5. The van der Waals surface area contributed by atoms with Gasteiger partial charge < -0.3 is 10.1 Å². The summed E-state index contributed by atoms with van der Waals surface area (Å²) >= 11 is 1.53. The van der Waals surface area contributed by atoms with Crippen molar-refractivity contribution >= 4 is 17.2 Å². The normalized spacial score (nSPS) is 10.7. The van der Waals surface area contributed by atoms with Crippen molar-refractivity contribution in [2.24, 2.45) is 7.05 Å². The minimum atomic E-state index is -0.189. The molecule has 0 aliphatic carbocycles. The summed E-state index contributed by atoms with van der Waals surface area (Å²) < 4.78 is 8.03. The molecule has 27 heavy (non-hydrogen) atoms. The van der Waals surface area contributed by atoms with Crippen LogP contribution in [0.4, 0.5) is 0 Å². The predicted octanol–water partition coefficient (Wildman–Crippen LogP) is 2.07. The fourth-order valence-electron chi connectivity index (χ4n) is 2.69. The van der Waals surface area contributed by atoms with Crippen LogP contribution in [0.25, 0.3) is 10.7 Å². The number of hydrogen-bond donors (Lipinski definition) is 1. The van der Waals surface area contributed by atoms with Gasteiger partial charge in [0, 0.05) is 20.0 Å². The Labute approximate surface area is 161 Å². The summed E-state index contributed by atoms with van der Waals surface area (Å²) in [5.74, 6) is 1.39. The van der Waals surface area contributed by atoms with Crippen LogP contribution in [0.15, 0.2) is 46.6 Å². The molecule has 2 aromatic heterocycles. The number of nitrogens with one attached hydrogen (secondary N) is 1. The number of aryl methyl sites for hydroxylation is 1. The van der Waals surface area contributed by atoms with Gasteiger partial charge in [-0.3, -0.25) is 9.36 Å². The van der Waals surface area contributed by atoms with Gasteiger partial charge in [0.15, 0.2) is 5.82 Å². The van der Waals surface area contributed by atoms with Crippen molar-refractivity contribution in [1.82, 2.24) is 19.7 Å². The maximum absolute atomic E-state index is 12.3. The van der Waals surface area contributed by atoms with E-state index in [-0.39, 0.29) is 11.6 Å². The molecule has 8 heteroatoms. The van der Waals surface area contributed by atoms with E-state index in [9.17, 15) is 9.59 Å². The summed E-state index contributed by atoms with van der Waals surface area (Å²) in [7, 11) is 3.33. The summed E-state index contributed by atoms with van der Waals surface area (Å²) in [5.41, 5.74) is 0.887. The fourth-order valence-corrected chi connectivity index (χ4v) is 3.44. The second-order valence-electron chi connectivity index (χ2n) is 6.06. The number of aromatic nitrogens is 3. The largest absolute Gasteiger partial charge is 0.497 e. The Hall–Kier alpha value is -2.87. The Morgan fingerprint density at radius 2 is 2.04 bits per heavy atom. The molecule has 0 spiro atoms. The average Bonchev–Trinajstić information content (AvgIpc) is 3.31. The van der Waals surface area contributed by atoms with Gasteiger partial charge in [0.25, 0.3) is 0 Å². The van der Waals surface area contributed by atoms with Gasteiger partial charge in [-0.15, -0.1) is 16.4 Å². The van der Waals surface area contributed by atoms with Crippen LogP contribution in [-0.4, -0.2) is 33.9 Å². The van der Waals surface area contributed by atoms with Crippen LogP contribution in [0, 0.1) is 0 Å². The van der Waals surface area contributed by atoms with Crippen molar-refractivity contribution < 1.29 is 9.53 Å². The first kappa shape index (κ1) is 18.9. The van der Waals surface area contributed by atoms with Gasteiger partial charge in [-0.2, -0.15) is 0 Å². The van der Waals surface area contributed by atoms with Gasteiger partial charge in [-0.05, 0) is 35.6 Å². The Balaban J connectivity index is 1.48. The smallest absolute Gasteiger partial charge is 0.346 e. The maximum atomic E-state index is 12.3. The highest BCUT2D eigenvalue weighted by atomic mass is 32.1. The lowest BCUT2D eigenvalue weighted by molar-refractivity contribution is -0.121. The Kier molecular flexibility index (Phi) is 6.08. The van der Waals surface area contributed by atoms with E-state index >= 15 is 0 Å². The molecule has 0 unspecified atom stereocenters. The molecule has 0 saturated heterocycles. The van der Waals surface area contributed by atoms with Crippen LogP contribution in [-0.2, 0) is 24.8 Å². The van der Waals surface area contributed by atoms with Crippen molar-refractivity contribution in [1.29, 1.82) is 0 Å². The highest BCUT2D eigenvalue weighted by Gasteiger charge is 2.12. The number of carbonyl (C=O) groups is 1. The van der Waals surface area contributed by atoms with E-state index < -0.39 is 0 Å². The molecule has 3 aromatic rings. The first-order chi connectivity index (χ1) is 13.1. The number of carbonyl (C=O) groups excluding carboxylic acids is 1. The zero-order valence-electron chi connectivity index (χ0n) is 15.3. The standard InChI is InChI=1S/C19H22N4O3S/c1-22-18(16-4-3-13-27-16)21-23(19(22)25)12-11-20-17(24)10-7-14-5-8-15(26-2)9-6-14/h3-6,8-9,13H,7,10-12H2,1-2H3,(H,20,24). The molecule has 3 rings (SSSR count). The Morgan fingerprint density at radius 1 is 1.26 bits per heavy atom. The third-order valence-electron chi connectivity index (χ3n) is 4.23. The van der Waals surface area contributed by atoms with E-state index in [1.54, 1.807) is 14.2 Å². The molecule has 0 radical (unpaired) electrons. The van der Waals surface area contributed by atoms with E-state index in [0.717, 1.165) is 16.2 Å². The summed E-state index contributed by atoms with van der Waals surface area (Å²) in [5, 5.41) is 9.16. The number of nitrogens with zero attached hydrogens (tertiary/aromatic N) is 3. The third kappa shape index (κ3) is 4.65. The average molecular weight is 386 g/mol. The van der Waals surface area contributed by atoms with E-state index in [2.05, 4.69) is 10.4 Å². The second kappa shape index (κ2) is 8.68. The van der Waals surface area contributed by atoms with Crippen molar-refractivity contribution in [3.63, 3.8) is 0 Å². The van der Waals surface area contributed by atoms with Gasteiger partial charge in [-0.25, -0.2) is 9.48 Å². The Bertz CT molecular complexity index is 942. The summed E-state index contributed by atoms with van der Waals surface area (Å²) in [6.45, 7) is 0.703. The maximum Gasteiger partial charge on any atom is 0.346 e. The first-order valence-corrected chi connectivity index (χ1v) is 9.54. The fraction of sp³-hybridized carbons (Fsp3) is 0.316. The van der Waals surface area contributed by atoms with Gasteiger partial charge in [0.2, 0.25) is 5.91 Å². The van der Waals surface area contributed by atoms with Crippen LogP contribution in [0.5, 0.6) is 5.75 Å². The molecule has 0 bridgehead atoms. The molecular weight excluding hydrogens is 364 g/mol. The van der Waals surface area contributed by atoms with Crippen LogP contribution < -0.4 is 15.7 Å². The van der Waals surface area contributed by atoms with E-state index in [4.69, 9.17) is 4.74 Å². The molecule has 1 amide bonds. The molecule has 2 heterocycles. The zero-order valence-corrected chi connectivity index (χ0v) is 16.2. The molecule has 7 nitrogen and oxygen atoms in total. The number of benzene rings is 1. The summed E-state index contributed by atoms with van der Waals surface area (Å²) in [6.07, 6.45) is 1.05. The highest BCUT2D eigenvalue weighted by Crippen LogP contribution is 2.20. The van der Waals surface area contributed by atoms with Crippen molar-refractivity contribution in [2.45, 2.75) is 19.4 Å². The molecule has 0 saturated carbocycles. The number of methoxy groups -OCH3 is 1. The number of rotatable bonds is 8. The molecule has 0 atom stereocenters. The lowest BCUT2D eigenvalue weighted by atomic mass is 10.1. The molecule has 0 aliphatic heterocycles. The summed E-state index contributed by atoms with van der Waals surface area (Å²) in [4.78, 5) is 25.2. The molecular formula is C19H22N4O3S. The summed E-state index contributed by atoms with van der Waals surface area (Å²) in [6, 6.07) is 11.5. The van der Waals surface area contributed by atoms with Gasteiger partial charge in [0.1, 0.15) is 5.75 Å². The molecule has 1 N–H and O–H groups in total. The van der Waals surface area contributed by atoms with Gasteiger partial charge >= 0.3 is 5.69 Å². The van der Waals surface area contributed by atoms with E-state index in [0.29, 0.717) is 31.8 Å². The van der Waals surface area contributed by atoms with Crippen molar-refractivity contribution in [3.05, 3.63) is 57.8 Å². The minimum Gasteiger partial charge on any atom is -0.497 e. The Morgan fingerprint density at radius 3 is 2.70 bits per heavy atom. The lowest BCUT2D eigenvalue weighted by Crippen LogP contribution is -2.31. The quantitative estimate of drug-likeness (QED) is 0.643. The second-order valence-corrected chi connectivity index (χ2v) is 7.01. The molecule has 1 aromatic carbocycles. The highest BCUT2D eigenvalue weighted by molar-refractivity contribution is 7.13. The first-order valence-electron chi connectivity index (χ1n) is 8.66. The predicted molar refractivity (Wildman–Crippen MR) is 105 cm³/mol. The third-order valence-corrected chi connectivity index (χ3v) is 5.09. The number of ether oxygens (including phenoxy) is 1. The monoisotopic (exact) mass is 386 g/mol. The molecule has 0 fully saturated rings. The number of amides is 1. The number of thiophene rings is 1. The van der Waals surface area contributed by atoms with Gasteiger partial charge in [0.05, 0.1) is 18.5 Å². The molecule has 0 aliphatic rings. The van der Waals surface area contributed by atoms with E-state index in [1.807, 2.05) is 41.8 Å². The molecule has 142 valence electrons. The SMILES string of the molecule is COc1ccc(CCC(=O)NCCn2nc(-c3cccs3)n(C)c2=O)cc1. The van der Waals surface area contributed by atoms with Crippen molar-refractivity contribution in [2.75, 3.05) is 13.7 Å². The zero-order chi connectivity index (χ0) is 19.2. The van der Waals surface area contributed by atoms with Crippen LogP contribution in [0.1, 0.15) is 12.0 Å². The van der Waals surface area contributed by atoms with Crippen molar-refractivity contribution in [3.8, 4) is 16.5 Å². The van der Waals surface area contributed by atoms with Crippen LogP contribution in [0.2, 0.25) is 0 Å². The van der Waals surface area contributed by atoms with Crippen LogP contribution >= 0.6 is 11.3 Å². The lowest BCUT2D eigenvalue weighted by Gasteiger charge is -2.06.